The van der Waals surface area contributed by atoms with Gasteiger partial charge in [0.25, 0.3) is 0 Å². The third kappa shape index (κ3) is 3.02. The molecule has 21 heavy (non-hydrogen) atoms. The lowest BCUT2D eigenvalue weighted by atomic mass is 10.0. The summed E-state index contributed by atoms with van der Waals surface area (Å²) in [5.41, 5.74) is 1.62. The molecule has 0 fully saturated rings. The van der Waals surface area contributed by atoms with Crippen LogP contribution >= 0.6 is 50.5 Å². The van der Waals surface area contributed by atoms with Crippen molar-refractivity contribution in [2.24, 2.45) is 0 Å². The summed E-state index contributed by atoms with van der Waals surface area (Å²) >= 11 is 17.0. The average Bonchev–Trinajstić information content (AvgIpc) is 2.88. The van der Waals surface area contributed by atoms with Gasteiger partial charge in [0.1, 0.15) is 0 Å². The molecule has 3 aromatic rings. The lowest BCUT2D eigenvalue weighted by Gasteiger charge is -2.03. The lowest BCUT2D eigenvalue weighted by Crippen LogP contribution is -2.02. The van der Waals surface area contributed by atoms with Gasteiger partial charge in [-0.15, -0.1) is 11.3 Å². The molecule has 1 aromatic heterocycles. The Morgan fingerprint density at radius 2 is 1.95 bits per heavy atom. The molecule has 0 aliphatic carbocycles. The Morgan fingerprint density at radius 1 is 1.14 bits per heavy atom. The van der Waals surface area contributed by atoms with Crippen LogP contribution in [0.15, 0.2) is 46.3 Å². The van der Waals surface area contributed by atoms with E-state index in [1.807, 2.05) is 29.6 Å². The highest BCUT2D eigenvalue weighted by atomic mass is 79.9. The molecule has 5 heteroatoms. The molecule has 106 valence electrons. The van der Waals surface area contributed by atoms with E-state index < -0.39 is 0 Å². The topological polar surface area (TPSA) is 17.1 Å². The van der Waals surface area contributed by atoms with Crippen molar-refractivity contribution in [2.45, 2.75) is 6.42 Å². The van der Waals surface area contributed by atoms with Gasteiger partial charge in [-0.05, 0) is 39.7 Å². The van der Waals surface area contributed by atoms with Crippen molar-refractivity contribution in [3.05, 3.63) is 67.4 Å². The Bertz CT molecular complexity index is 841. The number of halogens is 3. The van der Waals surface area contributed by atoms with E-state index in [4.69, 9.17) is 23.2 Å². The summed E-state index contributed by atoms with van der Waals surface area (Å²) in [4.78, 5) is 12.5. The van der Waals surface area contributed by atoms with Crippen molar-refractivity contribution in [1.82, 2.24) is 0 Å². The highest BCUT2D eigenvalue weighted by Gasteiger charge is 2.14. The van der Waals surface area contributed by atoms with Crippen LogP contribution in [-0.4, -0.2) is 5.78 Å². The standard InChI is InChI=1S/C16H9BrCl2OS/c17-12-3-1-2-10-11(8-21-16(10)12)15(20)7-9-4-5-13(18)14(19)6-9/h1-6,8H,7H2. The van der Waals surface area contributed by atoms with Crippen LogP contribution in [0.25, 0.3) is 10.1 Å². The van der Waals surface area contributed by atoms with Gasteiger partial charge in [-0.1, -0.05) is 41.4 Å². The van der Waals surface area contributed by atoms with E-state index in [2.05, 4.69) is 15.9 Å². The second kappa shape index (κ2) is 6.09. The molecule has 0 N–H and O–H groups in total. The van der Waals surface area contributed by atoms with E-state index in [1.165, 1.54) is 0 Å². The molecule has 0 spiro atoms. The Balaban J connectivity index is 1.94. The monoisotopic (exact) mass is 398 g/mol. The van der Waals surface area contributed by atoms with Crippen LogP contribution < -0.4 is 0 Å². The molecule has 0 aliphatic heterocycles. The van der Waals surface area contributed by atoms with Crippen molar-refractivity contribution in [2.75, 3.05) is 0 Å². The maximum absolute atomic E-state index is 12.5. The fraction of sp³-hybridized carbons (Fsp3) is 0.0625. The van der Waals surface area contributed by atoms with E-state index in [-0.39, 0.29) is 5.78 Å². The lowest BCUT2D eigenvalue weighted by molar-refractivity contribution is 0.0995. The van der Waals surface area contributed by atoms with Crippen molar-refractivity contribution in [1.29, 1.82) is 0 Å². The number of ketones is 1. The van der Waals surface area contributed by atoms with Crippen molar-refractivity contribution in [3.63, 3.8) is 0 Å². The van der Waals surface area contributed by atoms with Crippen LogP contribution in [-0.2, 0) is 6.42 Å². The first-order chi connectivity index (χ1) is 10.1. The average molecular weight is 400 g/mol. The summed E-state index contributed by atoms with van der Waals surface area (Å²) < 4.78 is 2.11. The first-order valence-corrected chi connectivity index (χ1v) is 8.62. The van der Waals surface area contributed by atoms with Crippen LogP contribution in [0, 0.1) is 0 Å². The summed E-state index contributed by atoms with van der Waals surface area (Å²) in [6, 6.07) is 11.2. The maximum Gasteiger partial charge on any atom is 0.168 e. The molecule has 0 atom stereocenters. The Kier molecular flexibility index (Phi) is 4.36. The Hall–Kier alpha value is -0.870. The van der Waals surface area contributed by atoms with Crippen molar-refractivity contribution < 1.29 is 4.79 Å². The van der Waals surface area contributed by atoms with Crippen LogP contribution in [0.1, 0.15) is 15.9 Å². The zero-order valence-electron chi connectivity index (χ0n) is 10.7. The number of thiophene rings is 1. The summed E-state index contributed by atoms with van der Waals surface area (Å²) in [5.74, 6) is 0.0812. The van der Waals surface area contributed by atoms with Crippen molar-refractivity contribution >= 4 is 66.3 Å². The van der Waals surface area contributed by atoms with Gasteiger partial charge in [-0.2, -0.15) is 0 Å². The number of carbonyl (C=O) groups excluding carboxylic acids is 1. The second-order valence-corrected chi connectivity index (χ2v) is 7.16. The molecular formula is C16H9BrCl2OS. The fourth-order valence-corrected chi connectivity index (χ4v) is 4.12. The summed E-state index contributed by atoms with van der Waals surface area (Å²) in [7, 11) is 0. The predicted octanol–water partition coefficient (Wildman–Crippen LogP) is 6.40. The van der Waals surface area contributed by atoms with E-state index in [0.29, 0.717) is 16.5 Å². The van der Waals surface area contributed by atoms with Gasteiger partial charge in [0, 0.05) is 31.9 Å². The number of rotatable bonds is 3. The number of carbonyl (C=O) groups is 1. The van der Waals surface area contributed by atoms with Gasteiger partial charge in [0.05, 0.1) is 10.0 Å². The van der Waals surface area contributed by atoms with Gasteiger partial charge in [-0.25, -0.2) is 0 Å². The molecule has 0 saturated heterocycles. The van der Waals surface area contributed by atoms with E-state index in [9.17, 15) is 4.79 Å². The summed E-state index contributed by atoms with van der Waals surface area (Å²) in [6.45, 7) is 0. The number of hydrogen-bond donors (Lipinski definition) is 0. The van der Waals surface area contributed by atoms with Gasteiger partial charge in [0.2, 0.25) is 0 Å². The quantitative estimate of drug-likeness (QED) is 0.466. The number of fused-ring (bicyclic) bond motifs is 1. The maximum atomic E-state index is 12.5. The van der Waals surface area contributed by atoms with E-state index in [0.717, 1.165) is 25.7 Å². The Morgan fingerprint density at radius 3 is 2.71 bits per heavy atom. The molecule has 0 unspecified atom stereocenters. The Labute approximate surface area is 144 Å². The molecule has 0 bridgehead atoms. The molecular weight excluding hydrogens is 391 g/mol. The number of hydrogen-bond acceptors (Lipinski definition) is 2. The first kappa shape index (κ1) is 15.0. The van der Waals surface area contributed by atoms with Gasteiger partial charge in [-0.3, -0.25) is 4.79 Å². The molecule has 0 aliphatic rings. The van der Waals surface area contributed by atoms with Crippen molar-refractivity contribution in [3.8, 4) is 0 Å². The highest BCUT2D eigenvalue weighted by molar-refractivity contribution is 9.10. The van der Waals surface area contributed by atoms with Crippen LogP contribution in [0.4, 0.5) is 0 Å². The van der Waals surface area contributed by atoms with E-state index >= 15 is 0 Å². The minimum absolute atomic E-state index is 0.0812. The van der Waals surface area contributed by atoms with Crippen LogP contribution in [0.3, 0.4) is 0 Å². The molecule has 0 radical (unpaired) electrons. The third-order valence-corrected chi connectivity index (χ3v) is 5.89. The van der Waals surface area contributed by atoms with Crippen LogP contribution in [0.2, 0.25) is 10.0 Å². The van der Waals surface area contributed by atoms with Gasteiger partial charge >= 0.3 is 0 Å². The molecule has 1 nitrogen and oxygen atoms in total. The second-order valence-electron chi connectivity index (χ2n) is 4.61. The number of Topliss-reactive ketones (excluding diaryl/α,β-unsaturated/α-hetero) is 1. The van der Waals surface area contributed by atoms with Gasteiger partial charge < -0.3 is 0 Å². The normalized spacial score (nSPS) is 11.0. The predicted molar refractivity (Wildman–Crippen MR) is 94.0 cm³/mol. The third-order valence-electron chi connectivity index (χ3n) is 3.20. The molecule has 3 rings (SSSR count). The zero-order valence-corrected chi connectivity index (χ0v) is 14.6. The fourth-order valence-electron chi connectivity index (χ4n) is 2.17. The van der Waals surface area contributed by atoms with Gasteiger partial charge in [0.15, 0.2) is 5.78 Å². The molecule has 0 saturated carbocycles. The van der Waals surface area contributed by atoms with E-state index in [1.54, 1.807) is 23.5 Å². The smallest absolute Gasteiger partial charge is 0.168 e. The zero-order chi connectivity index (χ0) is 15.0. The first-order valence-electron chi connectivity index (χ1n) is 6.19. The molecule has 0 amide bonds. The summed E-state index contributed by atoms with van der Waals surface area (Å²) in [5, 5.41) is 3.87. The highest BCUT2D eigenvalue weighted by Crippen LogP contribution is 2.33. The molecule has 2 aromatic carbocycles. The minimum atomic E-state index is 0.0812. The largest absolute Gasteiger partial charge is 0.294 e. The number of benzene rings is 2. The summed E-state index contributed by atoms with van der Waals surface area (Å²) in [6.07, 6.45) is 0.315. The molecule has 1 heterocycles. The van der Waals surface area contributed by atoms with Crippen LogP contribution in [0.5, 0.6) is 0 Å². The minimum Gasteiger partial charge on any atom is -0.294 e. The SMILES string of the molecule is O=C(Cc1ccc(Cl)c(Cl)c1)c1csc2c(Br)cccc12.